The molecular weight excluding hydrogens is 180 g/mol. The Morgan fingerprint density at radius 3 is 1.53 bits per heavy atom. The van der Waals surface area contributed by atoms with Crippen LogP contribution in [0.1, 0.15) is 93.4 Å². The summed E-state index contributed by atoms with van der Waals surface area (Å²) in [5.74, 6) is 1.12. The van der Waals surface area contributed by atoms with Gasteiger partial charge in [0.25, 0.3) is 0 Å². The van der Waals surface area contributed by atoms with Gasteiger partial charge < -0.3 is 0 Å². The molecule has 0 aromatic heterocycles. The second-order valence-electron chi connectivity index (χ2n) is 3.29. The SMILES string of the molecule is CC.CC.CC.CCCCC1CCCC1. The van der Waals surface area contributed by atoms with Crippen LogP contribution in [-0.2, 0) is 0 Å². The maximum absolute atomic E-state index is 2.29. The van der Waals surface area contributed by atoms with Crippen LogP contribution < -0.4 is 0 Å². The number of hydrogen-bond acceptors (Lipinski definition) is 0. The third-order valence-electron chi connectivity index (χ3n) is 2.44. The molecule has 0 N–H and O–H groups in total. The summed E-state index contributed by atoms with van der Waals surface area (Å²) >= 11 is 0. The van der Waals surface area contributed by atoms with Gasteiger partial charge >= 0.3 is 0 Å². The number of hydrogen-bond donors (Lipinski definition) is 0. The van der Waals surface area contributed by atoms with E-state index in [9.17, 15) is 0 Å². The summed E-state index contributed by atoms with van der Waals surface area (Å²) < 4.78 is 0. The molecule has 1 aliphatic carbocycles. The highest BCUT2D eigenvalue weighted by atomic mass is 14.2. The molecule has 96 valence electrons. The van der Waals surface area contributed by atoms with Crippen LogP contribution in [0, 0.1) is 5.92 Å². The fraction of sp³-hybridized carbons (Fsp3) is 1.00. The third kappa shape index (κ3) is 16.7. The molecule has 0 bridgehead atoms. The minimum atomic E-state index is 1.12. The molecule has 0 amide bonds. The molecule has 0 heteroatoms. The van der Waals surface area contributed by atoms with E-state index >= 15 is 0 Å². The highest BCUT2D eigenvalue weighted by molar-refractivity contribution is 4.66. The van der Waals surface area contributed by atoms with Crippen molar-refractivity contribution in [2.45, 2.75) is 93.4 Å². The van der Waals surface area contributed by atoms with E-state index in [-0.39, 0.29) is 0 Å². The van der Waals surface area contributed by atoms with Crippen LogP contribution in [-0.4, -0.2) is 0 Å². The van der Waals surface area contributed by atoms with E-state index in [1.165, 1.54) is 44.9 Å². The summed E-state index contributed by atoms with van der Waals surface area (Å²) in [4.78, 5) is 0. The predicted molar refractivity (Wildman–Crippen MR) is 75.5 cm³/mol. The van der Waals surface area contributed by atoms with Gasteiger partial charge in [-0.2, -0.15) is 0 Å². The minimum Gasteiger partial charge on any atom is -0.0683 e. The van der Waals surface area contributed by atoms with Gasteiger partial charge in [-0.3, -0.25) is 0 Å². The third-order valence-corrected chi connectivity index (χ3v) is 2.44. The lowest BCUT2D eigenvalue weighted by Crippen LogP contribution is -1.91. The Labute approximate surface area is 99.9 Å². The molecule has 0 radical (unpaired) electrons. The second-order valence-corrected chi connectivity index (χ2v) is 3.29. The Balaban J connectivity index is -0.000000208. The number of unbranched alkanes of at least 4 members (excludes halogenated alkanes) is 1. The van der Waals surface area contributed by atoms with E-state index in [4.69, 9.17) is 0 Å². The van der Waals surface area contributed by atoms with Gasteiger partial charge in [0.1, 0.15) is 0 Å². The van der Waals surface area contributed by atoms with Crippen molar-refractivity contribution in [3.8, 4) is 0 Å². The van der Waals surface area contributed by atoms with Crippen molar-refractivity contribution in [1.82, 2.24) is 0 Å². The first-order chi connectivity index (χ1) is 7.43. The highest BCUT2D eigenvalue weighted by Crippen LogP contribution is 2.28. The van der Waals surface area contributed by atoms with Crippen molar-refractivity contribution < 1.29 is 0 Å². The van der Waals surface area contributed by atoms with Crippen LogP contribution in [0.2, 0.25) is 0 Å². The summed E-state index contributed by atoms with van der Waals surface area (Å²) in [5.41, 5.74) is 0. The predicted octanol–water partition coefficient (Wildman–Crippen LogP) is 6.45. The van der Waals surface area contributed by atoms with Gasteiger partial charge in [0.05, 0.1) is 0 Å². The Morgan fingerprint density at radius 1 is 0.800 bits per heavy atom. The van der Waals surface area contributed by atoms with Gasteiger partial charge in [-0.25, -0.2) is 0 Å². The maximum atomic E-state index is 2.29. The van der Waals surface area contributed by atoms with Crippen LogP contribution in [0.5, 0.6) is 0 Å². The molecule has 1 fully saturated rings. The van der Waals surface area contributed by atoms with E-state index in [0.29, 0.717) is 0 Å². The Morgan fingerprint density at radius 2 is 1.20 bits per heavy atom. The second kappa shape index (κ2) is 23.7. The van der Waals surface area contributed by atoms with Gasteiger partial charge in [-0.15, -0.1) is 0 Å². The molecule has 0 aromatic rings. The minimum absolute atomic E-state index is 1.12. The molecule has 0 saturated heterocycles. The van der Waals surface area contributed by atoms with Crippen LogP contribution >= 0.6 is 0 Å². The fourth-order valence-electron chi connectivity index (χ4n) is 1.79. The summed E-state index contributed by atoms with van der Waals surface area (Å²) in [6, 6.07) is 0. The zero-order valence-electron chi connectivity index (χ0n) is 12.5. The zero-order chi connectivity index (χ0) is 12.5. The van der Waals surface area contributed by atoms with Crippen molar-refractivity contribution in [3.63, 3.8) is 0 Å². The zero-order valence-corrected chi connectivity index (χ0v) is 12.5. The van der Waals surface area contributed by atoms with E-state index < -0.39 is 0 Å². The summed E-state index contributed by atoms with van der Waals surface area (Å²) in [6.45, 7) is 14.3. The lowest BCUT2D eigenvalue weighted by Gasteiger charge is -2.05. The summed E-state index contributed by atoms with van der Waals surface area (Å²) in [6.07, 6.45) is 10.4. The summed E-state index contributed by atoms with van der Waals surface area (Å²) in [5, 5.41) is 0. The smallest absolute Gasteiger partial charge is 0.0414 e. The van der Waals surface area contributed by atoms with Gasteiger partial charge in [0.15, 0.2) is 0 Å². The summed E-state index contributed by atoms with van der Waals surface area (Å²) in [7, 11) is 0. The average Bonchev–Trinajstić information content (AvgIpc) is 2.87. The maximum Gasteiger partial charge on any atom is -0.0414 e. The molecule has 0 unspecified atom stereocenters. The van der Waals surface area contributed by atoms with E-state index in [2.05, 4.69) is 6.92 Å². The molecule has 0 atom stereocenters. The Hall–Kier alpha value is 0. The van der Waals surface area contributed by atoms with Gasteiger partial charge in [0, 0.05) is 0 Å². The van der Waals surface area contributed by atoms with Gasteiger partial charge in [0.2, 0.25) is 0 Å². The molecule has 0 heterocycles. The molecule has 0 aliphatic heterocycles. The molecule has 0 aromatic carbocycles. The molecule has 1 aliphatic rings. The topological polar surface area (TPSA) is 0 Å². The van der Waals surface area contributed by atoms with E-state index in [1.807, 2.05) is 41.5 Å². The van der Waals surface area contributed by atoms with Crippen LogP contribution in [0.4, 0.5) is 0 Å². The lowest BCUT2D eigenvalue weighted by molar-refractivity contribution is 0.480. The first kappa shape index (κ1) is 20.4. The van der Waals surface area contributed by atoms with Crippen LogP contribution in [0.15, 0.2) is 0 Å². The highest BCUT2D eigenvalue weighted by Gasteiger charge is 2.13. The molecule has 0 nitrogen and oxygen atoms in total. The molecule has 15 heavy (non-hydrogen) atoms. The average molecular weight is 216 g/mol. The quantitative estimate of drug-likeness (QED) is 0.509. The van der Waals surface area contributed by atoms with Crippen molar-refractivity contribution in [3.05, 3.63) is 0 Å². The van der Waals surface area contributed by atoms with Crippen LogP contribution in [0.3, 0.4) is 0 Å². The van der Waals surface area contributed by atoms with E-state index in [1.54, 1.807) is 0 Å². The standard InChI is InChI=1S/C9H18.3C2H6/c1-2-3-6-9-7-4-5-8-9;3*1-2/h9H,2-8H2,1H3;3*1-2H3. The molecule has 1 saturated carbocycles. The first-order valence-corrected chi connectivity index (χ1v) is 7.43. The van der Waals surface area contributed by atoms with Crippen molar-refractivity contribution in [2.24, 2.45) is 5.92 Å². The first-order valence-electron chi connectivity index (χ1n) is 7.43. The fourth-order valence-corrected chi connectivity index (χ4v) is 1.79. The molecule has 1 rings (SSSR count). The lowest BCUT2D eigenvalue weighted by atomic mass is 10.0. The van der Waals surface area contributed by atoms with Gasteiger partial charge in [-0.05, 0) is 5.92 Å². The van der Waals surface area contributed by atoms with Crippen molar-refractivity contribution >= 4 is 0 Å². The van der Waals surface area contributed by atoms with Crippen LogP contribution in [0.25, 0.3) is 0 Å². The van der Waals surface area contributed by atoms with E-state index in [0.717, 1.165) is 5.92 Å². The largest absolute Gasteiger partial charge is 0.0683 e. The van der Waals surface area contributed by atoms with Crippen molar-refractivity contribution in [1.29, 1.82) is 0 Å². The monoisotopic (exact) mass is 216 g/mol. The normalized spacial score (nSPS) is 13.8. The number of rotatable bonds is 3. The van der Waals surface area contributed by atoms with Crippen molar-refractivity contribution in [2.75, 3.05) is 0 Å². The van der Waals surface area contributed by atoms with Gasteiger partial charge in [-0.1, -0.05) is 93.4 Å². The molecular formula is C15H36. The molecule has 0 spiro atoms. The Kier molecular flexibility index (Phi) is 32.2. The Bertz CT molecular complexity index is 60.4.